The number of nitrogens with one attached hydrogen (secondary N) is 1. The minimum absolute atomic E-state index is 0.0201. The van der Waals surface area contributed by atoms with E-state index in [0.717, 1.165) is 0 Å². The van der Waals surface area contributed by atoms with E-state index in [4.69, 9.17) is 4.74 Å². The monoisotopic (exact) mass is 474 g/mol. The molecule has 0 aliphatic carbocycles. The number of anilines is 2. The molecule has 1 aliphatic rings. The largest absolute Gasteiger partial charge is 0.495 e. The standard InChI is InChI=1S/C22H20F6N2O3/c1-3-20(11-18(31)30(12-20)16-6-4-5-7-17(16)33-2)19(32)29-15-9-13(21(23,24)25)8-14(10-15)22(26,27)28/h4-10H,3,11-12H2,1-2H3,(H,29,32). The van der Waals surface area contributed by atoms with E-state index >= 15 is 0 Å². The number of para-hydroxylation sites is 2. The summed E-state index contributed by atoms with van der Waals surface area (Å²) in [5.74, 6) is -0.884. The maximum absolute atomic E-state index is 13.1. The lowest BCUT2D eigenvalue weighted by atomic mass is 9.83. The molecule has 11 heteroatoms. The van der Waals surface area contributed by atoms with Crippen LogP contribution in [-0.4, -0.2) is 25.5 Å². The number of benzene rings is 2. The van der Waals surface area contributed by atoms with Gasteiger partial charge in [0, 0.05) is 18.7 Å². The van der Waals surface area contributed by atoms with Crippen molar-refractivity contribution >= 4 is 23.2 Å². The van der Waals surface area contributed by atoms with Gasteiger partial charge < -0.3 is 15.0 Å². The second-order valence-electron chi connectivity index (χ2n) is 7.71. The number of methoxy groups -OCH3 is 1. The van der Waals surface area contributed by atoms with E-state index < -0.39 is 46.4 Å². The van der Waals surface area contributed by atoms with E-state index in [-0.39, 0.29) is 25.5 Å². The number of amides is 2. The Morgan fingerprint density at radius 2 is 1.64 bits per heavy atom. The second-order valence-corrected chi connectivity index (χ2v) is 7.71. The van der Waals surface area contributed by atoms with Gasteiger partial charge in [0.2, 0.25) is 11.8 Å². The molecule has 1 fully saturated rings. The zero-order chi connectivity index (χ0) is 24.6. The van der Waals surface area contributed by atoms with Crippen LogP contribution in [0, 0.1) is 5.41 Å². The fraction of sp³-hybridized carbons (Fsp3) is 0.364. The second kappa shape index (κ2) is 8.60. The van der Waals surface area contributed by atoms with Gasteiger partial charge in [-0.3, -0.25) is 9.59 Å². The van der Waals surface area contributed by atoms with Crippen molar-refractivity contribution in [2.75, 3.05) is 23.9 Å². The molecule has 3 rings (SSSR count). The molecule has 0 aromatic heterocycles. The number of rotatable bonds is 5. The molecule has 1 atom stereocenters. The van der Waals surface area contributed by atoms with Gasteiger partial charge in [-0.2, -0.15) is 26.3 Å². The average molecular weight is 474 g/mol. The van der Waals surface area contributed by atoms with Crippen molar-refractivity contribution in [2.24, 2.45) is 5.41 Å². The molecule has 1 saturated heterocycles. The SMILES string of the molecule is CCC1(C(=O)Nc2cc(C(F)(F)F)cc(C(F)(F)F)c2)CC(=O)N(c2ccccc2OC)C1. The molecule has 1 N–H and O–H groups in total. The maximum Gasteiger partial charge on any atom is 0.416 e. The first-order valence-electron chi connectivity index (χ1n) is 9.85. The minimum atomic E-state index is -5.05. The first kappa shape index (κ1) is 24.4. The van der Waals surface area contributed by atoms with E-state index in [2.05, 4.69) is 5.32 Å². The highest BCUT2D eigenvalue weighted by molar-refractivity contribution is 6.06. The highest BCUT2D eigenvalue weighted by Gasteiger charge is 2.49. The normalized spacial score (nSPS) is 19.0. The van der Waals surface area contributed by atoms with Crippen LogP contribution in [0.4, 0.5) is 37.7 Å². The number of ether oxygens (including phenoxy) is 1. The van der Waals surface area contributed by atoms with E-state index in [1.807, 2.05) is 0 Å². The van der Waals surface area contributed by atoms with Crippen molar-refractivity contribution in [2.45, 2.75) is 32.1 Å². The van der Waals surface area contributed by atoms with Crippen LogP contribution in [0.25, 0.3) is 0 Å². The Bertz CT molecular complexity index is 1030. The van der Waals surface area contributed by atoms with Crippen LogP contribution in [0.15, 0.2) is 42.5 Å². The number of nitrogens with zero attached hydrogens (tertiary/aromatic N) is 1. The summed E-state index contributed by atoms with van der Waals surface area (Å²) in [5, 5.41) is 2.17. The topological polar surface area (TPSA) is 58.6 Å². The van der Waals surface area contributed by atoms with E-state index in [9.17, 15) is 35.9 Å². The van der Waals surface area contributed by atoms with Crippen molar-refractivity contribution in [3.05, 3.63) is 53.6 Å². The Kier molecular flexibility index (Phi) is 6.36. The molecule has 2 aromatic rings. The lowest BCUT2D eigenvalue weighted by Gasteiger charge is -2.27. The van der Waals surface area contributed by atoms with E-state index in [1.165, 1.54) is 12.0 Å². The third-order valence-electron chi connectivity index (χ3n) is 5.63. The van der Waals surface area contributed by atoms with Crippen LogP contribution in [-0.2, 0) is 21.9 Å². The van der Waals surface area contributed by atoms with Crippen molar-refractivity contribution in [3.8, 4) is 5.75 Å². The smallest absolute Gasteiger partial charge is 0.416 e. The molecule has 178 valence electrons. The Labute approximate surface area is 185 Å². The first-order valence-corrected chi connectivity index (χ1v) is 9.85. The zero-order valence-corrected chi connectivity index (χ0v) is 17.6. The quantitative estimate of drug-likeness (QED) is 0.582. The molecule has 0 bridgehead atoms. The molecule has 0 radical (unpaired) electrons. The predicted molar refractivity (Wildman–Crippen MR) is 108 cm³/mol. The summed E-state index contributed by atoms with van der Waals surface area (Å²) in [6.45, 7) is 1.51. The van der Waals surface area contributed by atoms with Gasteiger partial charge in [-0.25, -0.2) is 0 Å². The molecular formula is C22H20F6N2O3. The van der Waals surface area contributed by atoms with E-state index in [0.29, 0.717) is 23.6 Å². The van der Waals surface area contributed by atoms with E-state index in [1.54, 1.807) is 31.2 Å². The molecule has 0 saturated carbocycles. The van der Waals surface area contributed by atoms with Crippen molar-refractivity contribution in [3.63, 3.8) is 0 Å². The molecule has 2 amide bonds. The molecule has 1 aliphatic heterocycles. The Balaban J connectivity index is 1.94. The molecule has 2 aromatic carbocycles. The van der Waals surface area contributed by atoms with Crippen LogP contribution in [0.3, 0.4) is 0 Å². The average Bonchev–Trinajstić information content (AvgIpc) is 3.10. The van der Waals surface area contributed by atoms with Crippen LogP contribution in [0.2, 0.25) is 0 Å². The fourth-order valence-corrected chi connectivity index (χ4v) is 3.74. The van der Waals surface area contributed by atoms with Crippen molar-refractivity contribution in [1.82, 2.24) is 0 Å². The third kappa shape index (κ3) is 4.91. The summed E-state index contributed by atoms with van der Waals surface area (Å²) in [5.41, 5.74) is -4.69. The van der Waals surface area contributed by atoms with Crippen LogP contribution in [0.5, 0.6) is 5.75 Å². The molecule has 0 spiro atoms. The number of carbonyl (C=O) groups excluding carboxylic acids is 2. The number of hydrogen-bond donors (Lipinski definition) is 1. The fourth-order valence-electron chi connectivity index (χ4n) is 3.74. The van der Waals surface area contributed by atoms with Gasteiger partial charge in [0.25, 0.3) is 0 Å². The molecule has 1 unspecified atom stereocenters. The molecule has 33 heavy (non-hydrogen) atoms. The molecule has 1 heterocycles. The van der Waals surface area contributed by atoms with Crippen LogP contribution in [0.1, 0.15) is 30.9 Å². The Hall–Kier alpha value is -3.24. The summed E-state index contributed by atoms with van der Waals surface area (Å²) in [6.07, 6.45) is -10.2. The Morgan fingerprint density at radius 3 is 2.15 bits per heavy atom. The van der Waals surface area contributed by atoms with Gasteiger partial charge >= 0.3 is 12.4 Å². The lowest BCUT2D eigenvalue weighted by molar-refractivity contribution is -0.143. The van der Waals surface area contributed by atoms with Gasteiger partial charge in [-0.1, -0.05) is 19.1 Å². The molecule has 5 nitrogen and oxygen atoms in total. The van der Waals surface area contributed by atoms with Gasteiger partial charge in [0.1, 0.15) is 5.75 Å². The van der Waals surface area contributed by atoms with Crippen LogP contribution < -0.4 is 15.0 Å². The van der Waals surface area contributed by atoms with Gasteiger partial charge in [0.15, 0.2) is 0 Å². The summed E-state index contributed by atoms with van der Waals surface area (Å²) in [6, 6.07) is 7.44. The molecular weight excluding hydrogens is 454 g/mol. The number of carbonyl (C=O) groups is 2. The lowest BCUT2D eigenvalue weighted by Crippen LogP contribution is -2.38. The summed E-state index contributed by atoms with van der Waals surface area (Å²) < 4.78 is 84.1. The third-order valence-corrected chi connectivity index (χ3v) is 5.63. The van der Waals surface area contributed by atoms with Gasteiger partial charge in [-0.15, -0.1) is 0 Å². The number of hydrogen-bond acceptors (Lipinski definition) is 3. The highest BCUT2D eigenvalue weighted by Crippen LogP contribution is 2.42. The predicted octanol–water partition coefficient (Wildman–Crippen LogP) is 5.50. The number of halogens is 6. The highest BCUT2D eigenvalue weighted by atomic mass is 19.4. The number of alkyl halides is 6. The zero-order valence-electron chi connectivity index (χ0n) is 17.6. The first-order chi connectivity index (χ1) is 15.3. The Morgan fingerprint density at radius 1 is 1.06 bits per heavy atom. The van der Waals surface area contributed by atoms with Gasteiger partial charge in [0.05, 0.1) is 29.3 Å². The van der Waals surface area contributed by atoms with Gasteiger partial charge in [-0.05, 0) is 36.8 Å². The maximum atomic E-state index is 13.1. The minimum Gasteiger partial charge on any atom is -0.495 e. The summed E-state index contributed by atoms with van der Waals surface area (Å²) >= 11 is 0. The van der Waals surface area contributed by atoms with Crippen molar-refractivity contribution in [1.29, 1.82) is 0 Å². The summed E-state index contributed by atoms with van der Waals surface area (Å²) in [4.78, 5) is 27.1. The van der Waals surface area contributed by atoms with Crippen molar-refractivity contribution < 1.29 is 40.7 Å². The summed E-state index contributed by atoms with van der Waals surface area (Å²) in [7, 11) is 1.41. The van der Waals surface area contributed by atoms with Crippen LogP contribution >= 0.6 is 0 Å².